The molecule has 5 heteroatoms. The summed E-state index contributed by atoms with van der Waals surface area (Å²) in [6.45, 7) is 1.36. The van der Waals surface area contributed by atoms with Gasteiger partial charge in [-0.05, 0) is 30.7 Å². The molecule has 0 bridgehead atoms. The molecule has 0 aliphatic carbocycles. The fraction of sp³-hybridized carbons (Fsp3) is 0.200. The van der Waals surface area contributed by atoms with Crippen LogP contribution in [0, 0.1) is 12.7 Å². The van der Waals surface area contributed by atoms with Gasteiger partial charge in [0.05, 0.1) is 0 Å². The molecular weight excluding hydrogens is 210 g/mol. The van der Waals surface area contributed by atoms with Crippen molar-refractivity contribution in [1.82, 2.24) is 4.98 Å². The van der Waals surface area contributed by atoms with Gasteiger partial charge in [0.2, 0.25) is 0 Å². The van der Waals surface area contributed by atoms with E-state index < -0.39 is 17.7 Å². The van der Waals surface area contributed by atoms with E-state index in [0.29, 0.717) is 5.39 Å². The van der Waals surface area contributed by atoms with Crippen molar-refractivity contribution >= 4 is 10.9 Å². The second-order valence-corrected chi connectivity index (χ2v) is 3.31. The summed E-state index contributed by atoms with van der Waals surface area (Å²) in [4.78, 5) is 2.18. The summed E-state index contributed by atoms with van der Waals surface area (Å²) in [5.74, 6) is -0.558. The summed E-state index contributed by atoms with van der Waals surface area (Å²) in [7, 11) is 0. The van der Waals surface area contributed by atoms with Crippen LogP contribution in [0.4, 0.5) is 17.6 Å². The van der Waals surface area contributed by atoms with Crippen LogP contribution in [0.2, 0.25) is 0 Å². The van der Waals surface area contributed by atoms with Gasteiger partial charge in [-0.2, -0.15) is 13.2 Å². The standard InChI is InChI=1S/C10H7F4N/c1-5-7-3-2-6(11)4-8(7)15-9(5)10(12,13)14/h2-4,15H,1H3. The lowest BCUT2D eigenvalue weighted by Gasteiger charge is -2.04. The van der Waals surface area contributed by atoms with Gasteiger partial charge in [0.15, 0.2) is 0 Å². The first-order chi connectivity index (χ1) is 6.89. The van der Waals surface area contributed by atoms with Gasteiger partial charge in [-0.3, -0.25) is 0 Å². The second kappa shape index (κ2) is 2.98. The normalized spacial score (nSPS) is 12.3. The summed E-state index contributed by atoms with van der Waals surface area (Å²) < 4.78 is 50.2. The molecule has 0 aliphatic heterocycles. The fourth-order valence-electron chi connectivity index (χ4n) is 1.59. The van der Waals surface area contributed by atoms with E-state index in [1.807, 2.05) is 0 Å². The number of rotatable bonds is 0. The summed E-state index contributed by atoms with van der Waals surface area (Å²) >= 11 is 0. The van der Waals surface area contributed by atoms with Gasteiger partial charge < -0.3 is 4.98 Å². The van der Waals surface area contributed by atoms with E-state index in [1.165, 1.54) is 13.0 Å². The topological polar surface area (TPSA) is 15.8 Å². The smallest absolute Gasteiger partial charge is 0.351 e. The van der Waals surface area contributed by atoms with Gasteiger partial charge in [-0.15, -0.1) is 0 Å². The molecule has 0 spiro atoms. The molecule has 2 aromatic rings. The first-order valence-corrected chi connectivity index (χ1v) is 4.24. The Morgan fingerprint density at radius 1 is 1.20 bits per heavy atom. The lowest BCUT2D eigenvalue weighted by atomic mass is 10.1. The Bertz CT molecular complexity index is 510. The van der Waals surface area contributed by atoms with Crippen molar-refractivity contribution in [3.8, 4) is 0 Å². The van der Waals surface area contributed by atoms with Crippen LogP contribution in [0.3, 0.4) is 0 Å². The number of benzene rings is 1. The molecule has 1 aromatic carbocycles. The average molecular weight is 217 g/mol. The minimum Gasteiger partial charge on any atom is -0.351 e. The summed E-state index contributed by atoms with van der Waals surface area (Å²) in [5, 5.41) is 0.392. The molecule has 1 N–H and O–H groups in total. The molecule has 1 heterocycles. The number of aryl methyl sites for hydroxylation is 1. The van der Waals surface area contributed by atoms with Crippen molar-refractivity contribution in [2.24, 2.45) is 0 Å². The number of aromatic amines is 1. The van der Waals surface area contributed by atoms with Crippen LogP contribution in [-0.2, 0) is 6.18 Å². The predicted molar refractivity (Wildman–Crippen MR) is 48.0 cm³/mol. The molecule has 1 nitrogen and oxygen atoms in total. The maximum absolute atomic E-state index is 12.8. The molecule has 1 aromatic heterocycles. The van der Waals surface area contributed by atoms with E-state index >= 15 is 0 Å². The third-order valence-electron chi connectivity index (χ3n) is 2.30. The van der Waals surface area contributed by atoms with Crippen LogP contribution in [0.5, 0.6) is 0 Å². The Morgan fingerprint density at radius 2 is 1.87 bits per heavy atom. The van der Waals surface area contributed by atoms with Gasteiger partial charge in [-0.25, -0.2) is 4.39 Å². The average Bonchev–Trinajstić information content (AvgIpc) is 2.42. The molecule has 0 atom stereocenters. The Hall–Kier alpha value is -1.52. The van der Waals surface area contributed by atoms with Crippen LogP contribution >= 0.6 is 0 Å². The molecule has 2 rings (SSSR count). The zero-order chi connectivity index (χ0) is 11.2. The highest BCUT2D eigenvalue weighted by Gasteiger charge is 2.34. The Kier molecular flexibility index (Phi) is 1.99. The van der Waals surface area contributed by atoms with Crippen LogP contribution in [0.1, 0.15) is 11.3 Å². The number of alkyl halides is 3. The van der Waals surface area contributed by atoms with Crippen LogP contribution in [0.15, 0.2) is 18.2 Å². The van der Waals surface area contributed by atoms with E-state index in [-0.39, 0.29) is 11.1 Å². The molecule has 0 saturated carbocycles. The number of halogens is 4. The molecular formula is C10H7F4N. The molecule has 80 valence electrons. The quantitative estimate of drug-likeness (QED) is 0.648. The zero-order valence-corrected chi connectivity index (χ0v) is 7.74. The molecule has 0 amide bonds. The molecule has 0 radical (unpaired) electrons. The lowest BCUT2D eigenvalue weighted by molar-refractivity contribution is -0.141. The summed E-state index contributed by atoms with van der Waals surface area (Å²) in [6.07, 6.45) is -4.43. The largest absolute Gasteiger partial charge is 0.431 e. The molecule has 0 aliphatic rings. The SMILES string of the molecule is Cc1c(C(F)(F)F)[nH]c2cc(F)ccc12. The van der Waals surface area contributed by atoms with Gasteiger partial charge in [0, 0.05) is 10.9 Å². The summed E-state index contributed by atoms with van der Waals surface area (Å²) in [5.41, 5.74) is -0.555. The highest BCUT2D eigenvalue weighted by atomic mass is 19.4. The van der Waals surface area contributed by atoms with E-state index in [2.05, 4.69) is 4.98 Å². The highest BCUT2D eigenvalue weighted by Crippen LogP contribution is 2.34. The number of H-pyrrole nitrogens is 1. The van der Waals surface area contributed by atoms with Crippen LogP contribution in [0.25, 0.3) is 10.9 Å². The Labute approximate surface area is 82.7 Å². The van der Waals surface area contributed by atoms with E-state index in [1.54, 1.807) is 0 Å². The number of nitrogens with one attached hydrogen (secondary N) is 1. The van der Waals surface area contributed by atoms with Crippen molar-refractivity contribution in [1.29, 1.82) is 0 Å². The summed E-state index contributed by atoms with van der Waals surface area (Å²) in [6, 6.07) is 3.53. The first-order valence-electron chi connectivity index (χ1n) is 4.24. The van der Waals surface area contributed by atoms with Gasteiger partial charge in [0.25, 0.3) is 0 Å². The van der Waals surface area contributed by atoms with Gasteiger partial charge in [-0.1, -0.05) is 0 Å². The zero-order valence-electron chi connectivity index (χ0n) is 7.74. The van der Waals surface area contributed by atoms with Crippen molar-refractivity contribution in [3.63, 3.8) is 0 Å². The third-order valence-corrected chi connectivity index (χ3v) is 2.30. The number of aromatic nitrogens is 1. The minimum absolute atomic E-state index is 0.0949. The van der Waals surface area contributed by atoms with E-state index in [4.69, 9.17) is 0 Å². The Morgan fingerprint density at radius 3 is 2.47 bits per heavy atom. The number of hydrogen-bond donors (Lipinski definition) is 1. The third kappa shape index (κ3) is 1.58. The van der Waals surface area contributed by atoms with E-state index in [9.17, 15) is 17.6 Å². The molecule has 0 saturated heterocycles. The van der Waals surface area contributed by atoms with Crippen molar-refractivity contribution in [3.05, 3.63) is 35.3 Å². The maximum Gasteiger partial charge on any atom is 0.431 e. The first kappa shape index (κ1) is 10.0. The van der Waals surface area contributed by atoms with Crippen molar-refractivity contribution in [2.75, 3.05) is 0 Å². The highest BCUT2D eigenvalue weighted by molar-refractivity contribution is 5.84. The van der Waals surface area contributed by atoms with Crippen molar-refractivity contribution in [2.45, 2.75) is 13.1 Å². The molecule has 0 unspecified atom stereocenters. The minimum atomic E-state index is -4.43. The van der Waals surface area contributed by atoms with E-state index in [0.717, 1.165) is 12.1 Å². The fourth-order valence-corrected chi connectivity index (χ4v) is 1.59. The number of hydrogen-bond acceptors (Lipinski definition) is 0. The van der Waals surface area contributed by atoms with Crippen LogP contribution < -0.4 is 0 Å². The number of fused-ring (bicyclic) bond motifs is 1. The maximum atomic E-state index is 12.8. The van der Waals surface area contributed by atoms with Gasteiger partial charge in [0.1, 0.15) is 11.5 Å². The second-order valence-electron chi connectivity index (χ2n) is 3.31. The van der Waals surface area contributed by atoms with Crippen molar-refractivity contribution < 1.29 is 17.6 Å². The monoisotopic (exact) mass is 217 g/mol. The molecule has 15 heavy (non-hydrogen) atoms. The predicted octanol–water partition coefficient (Wildman–Crippen LogP) is 3.63. The van der Waals surface area contributed by atoms with Gasteiger partial charge >= 0.3 is 6.18 Å². The Balaban J connectivity index is 2.75. The molecule has 0 fully saturated rings. The lowest BCUT2D eigenvalue weighted by Crippen LogP contribution is -2.06. The van der Waals surface area contributed by atoms with Crippen LogP contribution in [-0.4, -0.2) is 4.98 Å².